The van der Waals surface area contributed by atoms with Gasteiger partial charge < -0.3 is 4.74 Å². The van der Waals surface area contributed by atoms with Crippen LogP contribution in [0.25, 0.3) is 22.4 Å². The average Bonchev–Trinajstić information content (AvgIpc) is 3.34. The van der Waals surface area contributed by atoms with E-state index in [1.165, 1.54) is 0 Å². The number of rotatable bonds is 2. The molecule has 7 nitrogen and oxygen atoms in total. The Balaban J connectivity index is 1.67. The number of hydrogen-bond donors (Lipinski definition) is 0. The topological polar surface area (TPSA) is 70.1 Å². The molecule has 0 amide bonds. The van der Waals surface area contributed by atoms with E-state index in [9.17, 15) is 0 Å². The molecule has 4 aromatic rings. The van der Waals surface area contributed by atoms with Crippen LogP contribution in [0.2, 0.25) is 10.0 Å². The molecule has 1 aromatic carbocycles. The van der Waals surface area contributed by atoms with Gasteiger partial charge in [0.25, 0.3) is 0 Å². The molecule has 0 radical (unpaired) electrons. The van der Waals surface area contributed by atoms with Crippen molar-refractivity contribution in [2.75, 3.05) is 6.61 Å². The third-order valence-corrected chi connectivity index (χ3v) is 5.03. The Kier molecular flexibility index (Phi) is 3.41. The summed E-state index contributed by atoms with van der Waals surface area (Å²) >= 11 is 12.1. The van der Waals surface area contributed by atoms with E-state index < -0.39 is 0 Å². The summed E-state index contributed by atoms with van der Waals surface area (Å²) in [6, 6.07) is 5.33. The van der Waals surface area contributed by atoms with Gasteiger partial charge in [0, 0.05) is 6.61 Å². The lowest BCUT2D eigenvalue weighted by Crippen LogP contribution is -1.99. The Hall–Kier alpha value is -2.22. The molecule has 0 bridgehead atoms. The predicted molar refractivity (Wildman–Crippen MR) is 93.4 cm³/mol. The molecule has 1 saturated heterocycles. The number of aromatic nitrogens is 6. The van der Waals surface area contributed by atoms with Crippen molar-refractivity contribution in [1.29, 1.82) is 0 Å². The van der Waals surface area contributed by atoms with E-state index in [-0.39, 0.29) is 6.10 Å². The van der Waals surface area contributed by atoms with Crippen LogP contribution in [0, 0.1) is 0 Å². The van der Waals surface area contributed by atoms with Crippen LogP contribution in [0.4, 0.5) is 0 Å². The second-order valence-electron chi connectivity index (χ2n) is 5.88. The quantitative estimate of drug-likeness (QED) is 0.535. The highest BCUT2D eigenvalue weighted by Gasteiger charge is 2.23. The molecule has 1 fully saturated rings. The summed E-state index contributed by atoms with van der Waals surface area (Å²) < 4.78 is 9.05. The van der Waals surface area contributed by atoms with Gasteiger partial charge in [-0.15, -0.1) is 5.10 Å². The molecular weight excluding hydrogens is 363 g/mol. The van der Waals surface area contributed by atoms with E-state index >= 15 is 0 Å². The molecule has 1 aliphatic heterocycles. The zero-order chi connectivity index (χ0) is 17.0. The molecule has 126 valence electrons. The molecular formula is C16H12Cl2N6O. The van der Waals surface area contributed by atoms with Crippen molar-refractivity contribution in [3.05, 3.63) is 46.6 Å². The minimum atomic E-state index is -0.0416. The van der Waals surface area contributed by atoms with E-state index in [1.807, 2.05) is 6.07 Å². The highest BCUT2D eigenvalue weighted by Crippen LogP contribution is 2.29. The largest absolute Gasteiger partial charge is 0.370 e. The molecule has 0 unspecified atom stereocenters. The summed E-state index contributed by atoms with van der Waals surface area (Å²) in [5, 5.41) is 10.7. The molecule has 25 heavy (non-hydrogen) atoms. The normalized spacial score (nSPS) is 17.8. The number of halogens is 2. The van der Waals surface area contributed by atoms with Crippen LogP contribution in [-0.2, 0) is 4.74 Å². The standard InChI is InChI=1S/C16H12Cl2N6O/c17-11-4-3-9(6-12(11)18)24-15-10(7-20-24)16-21-14(13-2-1-5-25-13)22-23(16)8-19-15/h3-4,6-8,13H,1-2,5H2/t13-/m0/s1. The predicted octanol–water partition coefficient (Wildman–Crippen LogP) is 3.62. The summed E-state index contributed by atoms with van der Waals surface area (Å²) in [4.78, 5) is 9.13. The van der Waals surface area contributed by atoms with Gasteiger partial charge in [-0.05, 0) is 31.0 Å². The highest BCUT2D eigenvalue weighted by molar-refractivity contribution is 6.42. The molecule has 1 atom stereocenters. The van der Waals surface area contributed by atoms with Crippen LogP contribution in [0.1, 0.15) is 24.8 Å². The van der Waals surface area contributed by atoms with Crippen molar-refractivity contribution in [2.45, 2.75) is 18.9 Å². The Morgan fingerprint density at radius 1 is 1.16 bits per heavy atom. The first-order valence-corrected chi connectivity index (χ1v) is 8.62. The summed E-state index contributed by atoms with van der Waals surface area (Å²) in [6.45, 7) is 0.753. The molecule has 1 aliphatic rings. The second-order valence-corrected chi connectivity index (χ2v) is 6.69. The first-order valence-electron chi connectivity index (χ1n) is 7.87. The third-order valence-electron chi connectivity index (χ3n) is 4.29. The second kappa shape index (κ2) is 5.66. The van der Waals surface area contributed by atoms with Crippen LogP contribution in [0.15, 0.2) is 30.7 Å². The number of benzene rings is 1. The Morgan fingerprint density at radius 3 is 2.88 bits per heavy atom. The van der Waals surface area contributed by atoms with Gasteiger partial charge in [0.2, 0.25) is 0 Å². The zero-order valence-corrected chi connectivity index (χ0v) is 14.4. The van der Waals surface area contributed by atoms with Crippen LogP contribution in [0.3, 0.4) is 0 Å². The Morgan fingerprint density at radius 2 is 2.08 bits per heavy atom. The van der Waals surface area contributed by atoms with E-state index in [1.54, 1.807) is 33.9 Å². The summed E-state index contributed by atoms with van der Waals surface area (Å²) in [6.07, 6.45) is 5.30. The van der Waals surface area contributed by atoms with Gasteiger partial charge >= 0.3 is 0 Å². The van der Waals surface area contributed by atoms with Crippen molar-refractivity contribution < 1.29 is 4.74 Å². The van der Waals surface area contributed by atoms with Crippen molar-refractivity contribution in [3.63, 3.8) is 0 Å². The summed E-state index contributed by atoms with van der Waals surface area (Å²) in [5.41, 5.74) is 2.17. The van der Waals surface area contributed by atoms with E-state index in [2.05, 4.69) is 20.2 Å². The summed E-state index contributed by atoms with van der Waals surface area (Å²) in [5.74, 6) is 0.689. The van der Waals surface area contributed by atoms with Gasteiger partial charge in [0.1, 0.15) is 12.4 Å². The average molecular weight is 375 g/mol. The fraction of sp³-hybridized carbons (Fsp3) is 0.250. The number of hydrogen-bond acceptors (Lipinski definition) is 5. The fourth-order valence-corrected chi connectivity index (χ4v) is 3.35. The SMILES string of the molecule is Clc1ccc(-n2ncc3c2ncn2nc([C@@H]4CCCO4)nc32)cc1Cl. The van der Waals surface area contributed by atoms with E-state index in [4.69, 9.17) is 27.9 Å². The third kappa shape index (κ3) is 2.38. The van der Waals surface area contributed by atoms with Crippen LogP contribution in [0.5, 0.6) is 0 Å². The smallest absolute Gasteiger partial charge is 0.180 e. The fourth-order valence-electron chi connectivity index (χ4n) is 3.06. The molecule has 5 rings (SSSR count). The first-order chi connectivity index (χ1) is 12.2. The van der Waals surface area contributed by atoms with Crippen molar-refractivity contribution >= 4 is 39.9 Å². The van der Waals surface area contributed by atoms with Gasteiger partial charge in [0.05, 0.1) is 27.3 Å². The van der Waals surface area contributed by atoms with Crippen LogP contribution >= 0.6 is 23.2 Å². The molecule has 3 aromatic heterocycles. The molecule has 4 heterocycles. The first kappa shape index (κ1) is 15.1. The minimum absolute atomic E-state index is 0.0416. The minimum Gasteiger partial charge on any atom is -0.370 e. The molecule has 0 aliphatic carbocycles. The number of ether oxygens (including phenoxy) is 1. The molecule has 0 saturated carbocycles. The molecule has 9 heteroatoms. The van der Waals surface area contributed by atoms with Crippen molar-refractivity contribution in [2.24, 2.45) is 0 Å². The summed E-state index contributed by atoms with van der Waals surface area (Å²) in [7, 11) is 0. The van der Waals surface area contributed by atoms with Crippen molar-refractivity contribution in [1.82, 2.24) is 29.4 Å². The van der Waals surface area contributed by atoms with Gasteiger partial charge in [-0.25, -0.2) is 19.2 Å². The Bertz CT molecular complexity index is 1100. The Labute approximate surface area is 152 Å². The zero-order valence-electron chi connectivity index (χ0n) is 12.9. The lowest BCUT2D eigenvalue weighted by atomic mass is 10.2. The number of nitrogens with zero attached hydrogens (tertiary/aromatic N) is 6. The highest BCUT2D eigenvalue weighted by atomic mass is 35.5. The van der Waals surface area contributed by atoms with Gasteiger partial charge in [-0.2, -0.15) is 5.10 Å². The lowest BCUT2D eigenvalue weighted by Gasteiger charge is -2.04. The van der Waals surface area contributed by atoms with Crippen LogP contribution in [-0.4, -0.2) is 36.0 Å². The molecule has 0 spiro atoms. The van der Waals surface area contributed by atoms with E-state index in [0.717, 1.165) is 30.5 Å². The van der Waals surface area contributed by atoms with Gasteiger partial charge in [-0.3, -0.25) is 0 Å². The van der Waals surface area contributed by atoms with Gasteiger partial charge in [-0.1, -0.05) is 23.2 Å². The van der Waals surface area contributed by atoms with E-state index in [0.29, 0.717) is 27.2 Å². The van der Waals surface area contributed by atoms with Crippen molar-refractivity contribution in [3.8, 4) is 5.69 Å². The lowest BCUT2D eigenvalue weighted by molar-refractivity contribution is 0.105. The number of fused-ring (bicyclic) bond motifs is 3. The molecule has 0 N–H and O–H groups in total. The monoisotopic (exact) mass is 374 g/mol. The van der Waals surface area contributed by atoms with Gasteiger partial charge in [0.15, 0.2) is 17.1 Å². The maximum Gasteiger partial charge on any atom is 0.180 e. The maximum absolute atomic E-state index is 6.12. The maximum atomic E-state index is 6.12. The van der Waals surface area contributed by atoms with Crippen LogP contribution < -0.4 is 0 Å².